The molecule has 4 N–H and O–H groups in total. The zero-order valence-corrected chi connectivity index (χ0v) is 21.9. The normalized spacial score (nSPS) is 16.8. The van der Waals surface area contributed by atoms with Crippen molar-refractivity contribution in [1.29, 1.82) is 0 Å². The number of anilines is 2. The fraction of sp³-hybridized carbons (Fsp3) is 0.417. The molecule has 1 aliphatic heterocycles. The number of nitrogens with zero attached hydrogens (tertiary/aromatic N) is 6. The van der Waals surface area contributed by atoms with E-state index >= 15 is 0 Å². The molecule has 2 amide bonds. The van der Waals surface area contributed by atoms with Crippen LogP contribution in [0, 0.1) is 0 Å². The number of nitrogens with two attached hydrogens (primary N) is 1. The van der Waals surface area contributed by atoms with E-state index < -0.39 is 58.6 Å². The van der Waals surface area contributed by atoms with Crippen LogP contribution < -0.4 is 21.5 Å². The summed E-state index contributed by atoms with van der Waals surface area (Å²) in [6.45, 7) is 1.97. The second kappa shape index (κ2) is 11.7. The van der Waals surface area contributed by atoms with Gasteiger partial charge >= 0.3 is 12.4 Å². The molecule has 0 radical (unpaired) electrons. The van der Waals surface area contributed by atoms with Crippen LogP contribution in [0.3, 0.4) is 0 Å². The van der Waals surface area contributed by atoms with Gasteiger partial charge in [0.25, 0.3) is 11.5 Å². The summed E-state index contributed by atoms with van der Waals surface area (Å²) in [7, 11) is 0. The molecule has 3 aromatic heterocycles. The Labute approximate surface area is 233 Å². The minimum absolute atomic E-state index is 0.00139. The lowest BCUT2D eigenvalue weighted by Gasteiger charge is -2.41. The summed E-state index contributed by atoms with van der Waals surface area (Å²) in [6.07, 6.45) is -4.55. The van der Waals surface area contributed by atoms with Gasteiger partial charge in [-0.15, -0.1) is 0 Å². The highest BCUT2D eigenvalue weighted by Gasteiger charge is 2.38. The molecule has 1 fully saturated rings. The van der Waals surface area contributed by atoms with Gasteiger partial charge in [-0.25, -0.2) is 15.1 Å². The van der Waals surface area contributed by atoms with E-state index in [1.807, 2.05) is 0 Å². The van der Waals surface area contributed by atoms with E-state index in [0.717, 1.165) is 6.20 Å². The van der Waals surface area contributed by atoms with Gasteiger partial charge in [0.2, 0.25) is 11.9 Å². The first-order valence-electron chi connectivity index (χ1n) is 12.4. The Morgan fingerprint density at radius 2 is 1.81 bits per heavy atom. The molecular formula is C24H25F6N9O3. The van der Waals surface area contributed by atoms with Crippen LogP contribution in [0.25, 0.3) is 0 Å². The van der Waals surface area contributed by atoms with E-state index in [0.29, 0.717) is 12.4 Å². The number of H-pyrrole nitrogens is 1. The maximum absolute atomic E-state index is 13.4. The van der Waals surface area contributed by atoms with Crippen LogP contribution in [-0.2, 0) is 23.7 Å². The van der Waals surface area contributed by atoms with Crippen molar-refractivity contribution >= 4 is 23.5 Å². The van der Waals surface area contributed by atoms with Gasteiger partial charge in [0.15, 0.2) is 0 Å². The highest BCUT2D eigenvalue weighted by Crippen LogP contribution is 2.32. The number of hydrogen-bond donors (Lipinski definition) is 3. The van der Waals surface area contributed by atoms with Crippen molar-refractivity contribution in [2.24, 2.45) is 5.73 Å². The number of primary amides is 1. The minimum atomic E-state index is -4.91. The van der Waals surface area contributed by atoms with Crippen LogP contribution in [0.4, 0.5) is 38.0 Å². The molecular weight excluding hydrogens is 576 g/mol. The van der Waals surface area contributed by atoms with Gasteiger partial charge in [0.1, 0.15) is 5.56 Å². The van der Waals surface area contributed by atoms with E-state index in [-0.39, 0.29) is 44.1 Å². The zero-order chi connectivity index (χ0) is 30.8. The fourth-order valence-corrected chi connectivity index (χ4v) is 4.61. The summed E-state index contributed by atoms with van der Waals surface area (Å²) >= 11 is 0. The standard InChI is InChI=1S/C24H25F6N9O3/c1-13(35-17-9-34-36-20(41)19(17)24(28,29)30)10-37-3-2-14(11-37)21(42)39-5-4-38(12-16(39)6-18(31)40)22-32-7-15(8-33-22)23(25,26)27/h2-3,7-9,11,13,16H,4-6,10,12H2,1H3,(H2,31,40)(H2,35,36,41). The number of carbonyl (C=O) groups excluding carboxylic acids is 2. The average molecular weight is 602 g/mol. The maximum Gasteiger partial charge on any atom is 0.423 e. The first-order chi connectivity index (χ1) is 19.6. The van der Waals surface area contributed by atoms with Gasteiger partial charge < -0.3 is 25.4 Å². The molecule has 4 heterocycles. The molecule has 3 aromatic rings. The van der Waals surface area contributed by atoms with Crippen molar-refractivity contribution in [3.63, 3.8) is 0 Å². The SMILES string of the molecule is CC(Cn1ccc(C(=O)N2CCN(c3ncc(C(F)(F)F)cn3)CC2CC(N)=O)c1)Nc1cn[nH]c(=O)c1C(F)(F)F. The summed E-state index contributed by atoms with van der Waals surface area (Å²) < 4.78 is 80.1. The van der Waals surface area contributed by atoms with E-state index in [1.54, 1.807) is 27.7 Å². The quantitative estimate of drug-likeness (QED) is 0.332. The van der Waals surface area contributed by atoms with Gasteiger partial charge in [-0.2, -0.15) is 31.4 Å². The van der Waals surface area contributed by atoms with Gasteiger partial charge in [0.05, 0.1) is 29.1 Å². The molecule has 1 saturated heterocycles. The number of alkyl halides is 6. The number of nitrogens with one attached hydrogen (secondary N) is 2. The molecule has 18 heteroatoms. The van der Waals surface area contributed by atoms with Crippen molar-refractivity contribution in [3.05, 3.63) is 64.1 Å². The fourth-order valence-electron chi connectivity index (χ4n) is 4.61. The molecule has 0 aromatic carbocycles. The number of rotatable bonds is 8. The summed E-state index contributed by atoms with van der Waals surface area (Å²) in [5, 5.41) is 7.79. The molecule has 0 aliphatic carbocycles. The predicted octanol–water partition coefficient (Wildman–Crippen LogP) is 2.11. The number of hydrogen-bond acceptors (Lipinski definition) is 8. The lowest BCUT2D eigenvalue weighted by atomic mass is 10.1. The molecule has 2 atom stereocenters. The zero-order valence-electron chi connectivity index (χ0n) is 21.9. The Bertz CT molecular complexity index is 1490. The van der Waals surface area contributed by atoms with Crippen LogP contribution in [-0.4, -0.2) is 73.2 Å². The maximum atomic E-state index is 13.4. The van der Waals surface area contributed by atoms with Crippen LogP contribution in [0.15, 0.2) is 41.8 Å². The summed E-state index contributed by atoms with van der Waals surface area (Å²) in [5.74, 6) is -1.15. The summed E-state index contributed by atoms with van der Waals surface area (Å²) in [6, 6.07) is 0.139. The van der Waals surface area contributed by atoms with Crippen molar-refractivity contribution in [1.82, 2.24) is 29.6 Å². The molecule has 226 valence electrons. The molecule has 2 unspecified atom stereocenters. The van der Waals surface area contributed by atoms with Crippen molar-refractivity contribution in [2.75, 3.05) is 29.9 Å². The molecule has 12 nitrogen and oxygen atoms in total. The van der Waals surface area contributed by atoms with Crippen LogP contribution in [0.2, 0.25) is 0 Å². The largest absolute Gasteiger partial charge is 0.423 e. The first kappa shape index (κ1) is 30.3. The Balaban J connectivity index is 1.44. The molecule has 4 rings (SSSR count). The molecule has 0 bridgehead atoms. The van der Waals surface area contributed by atoms with E-state index in [1.165, 1.54) is 17.2 Å². The number of halogens is 6. The highest BCUT2D eigenvalue weighted by molar-refractivity contribution is 5.94. The third-order valence-corrected chi connectivity index (χ3v) is 6.45. The van der Waals surface area contributed by atoms with Crippen molar-refractivity contribution in [2.45, 2.75) is 44.3 Å². The lowest BCUT2D eigenvalue weighted by molar-refractivity contribution is -0.139. The van der Waals surface area contributed by atoms with Crippen molar-refractivity contribution in [3.8, 4) is 0 Å². The predicted molar refractivity (Wildman–Crippen MR) is 135 cm³/mol. The molecule has 0 spiro atoms. The minimum Gasteiger partial charge on any atom is -0.379 e. The summed E-state index contributed by atoms with van der Waals surface area (Å²) in [5.41, 5.74) is 1.31. The smallest absolute Gasteiger partial charge is 0.379 e. The Morgan fingerprint density at radius 1 is 1.12 bits per heavy atom. The number of amides is 2. The Morgan fingerprint density at radius 3 is 2.43 bits per heavy atom. The van der Waals surface area contributed by atoms with Crippen LogP contribution in [0.5, 0.6) is 0 Å². The molecule has 1 aliphatic rings. The monoisotopic (exact) mass is 601 g/mol. The van der Waals surface area contributed by atoms with E-state index in [4.69, 9.17) is 5.73 Å². The van der Waals surface area contributed by atoms with E-state index in [9.17, 15) is 40.7 Å². The summed E-state index contributed by atoms with van der Waals surface area (Å²) in [4.78, 5) is 47.3. The number of piperazine rings is 1. The van der Waals surface area contributed by atoms with Crippen LogP contribution in [0.1, 0.15) is 34.8 Å². The van der Waals surface area contributed by atoms with Crippen LogP contribution >= 0.6 is 0 Å². The van der Waals surface area contributed by atoms with Gasteiger partial charge in [-0.1, -0.05) is 0 Å². The average Bonchev–Trinajstić information content (AvgIpc) is 3.35. The topological polar surface area (TPSA) is 155 Å². The number of aromatic nitrogens is 5. The third kappa shape index (κ3) is 6.98. The first-order valence-corrected chi connectivity index (χ1v) is 12.4. The lowest BCUT2D eigenvalue weighted by Crippen LogP contribution is -2.56. The molecule has 42 heavy (non-hydrogen) atoms. The van der Waals surface area contributed by atoms with Crippen molar-refractivity contribution < 1.29 is 35.9 Å². The number of carbonyl (C=O) groups is 2. The second-order valence-corrected chi connectivity index (χ2v) is 9.67. The third-order valence-electron chi connectivity index (χ3n) is 6.45. The second-order valence-electron chi connectivity index (χ2n) is 9.67. The highest BCUT2D eigenvalue weighted by atomic mass is 19.4. The molecule has 0 saturated carbocycles. The van der Waals surface area contributed by atoms with Gasteiger partial charge in [0, 0.05) is 63.4 Å². The Hall–Kier alpha value is -4.64. The number of aromatic amines is 1. The van der Waals surface area contributed by atoms with Gasteiger partial charge in [-0.3, -0.25) is 14.4 Å². The van der Waals surface area contributed by atoms with Gasteiger partial charge in [-0.05, 0) is 13.0 Å². The van der Waals surface area contributed by atoms with E-state index in [2.05, 4.69) is 20.4 Å². The Kier molecular flexibility index (Phi) is 8.44.